The van der Waals surface area contributed by atoms with Crippen LogP contribution in [0.2, 0.25) is 5.02 Å². The lowest BCUT2D eigenvalue weighted by molar-refractivity contribution is -0.122. The maximum atomic E-state index is 13.4. The molecule has 0 bridgehead atoms. The lowest BCUT2D eigenvalue weighted by Crippen LogP contribution is -2.28. The Hall–Kier alpha value is -2.49. The van der Waals surface area contributed by atoms with Gasteiger partial charge in [0.05, 0.1) is 10.9 Å². The van der Waals surface area contributed by atoms with Crippen LogP contribution in [0.5, 0.6) is 0 Å². The van der Waals surface area contributed by atoms with Gasteiger partial charge in [-0.15, -0.1) is 22.0 Å². The van der Waals surface area contributed by atoms with Gasteiger partial charge in [-0.1, -0.05) is 53.3 Å². The molecule has 1 saturated heterocycles. The number of nitrogens with one attached hydrogen (secondary N) is 1. The van der Waals surface area contributed by atoms with E-state index >= 15 is 0 Å². The summed E-state index contributed by atoms with van der Waals surface area (Å²) in [5.41, 5.74) is 1.71. The summed E-state index contributed by atoms with van der Waals surface area (Å²) in [6.45, 7) is 0.200. The third-order valence-corrected chi connectivity index (χ3v) is 7.07. The van der Waals surface area contributed by atoms with Crippen LogP contribution in [0, 0.1) is 11.7 Å². The Balaban J connectivity index is 1.30. The van der Waals surface area contributed by atoms with Gasteiger partial charge in [0, 0.05) is 30.2 Å². The molecule has 1 N–H and O–H groups in total. The Labute approximate surface area is 191 Å². The highest BCUT2D eigenvalue weighted by Gasteiger charge is 2.35. The molecule has 3 aromatic rings. The van der Waals surface area contributed by atoms with Gasteiger partial charge in [0.1, 0.15) is 10.8 Å². The standard InChI is InChI=1S/C21H18ClFN4O2S2/c22-16-9-15(6-7-17(16)23)27-10-14(8-19(27)28)20(29)24-21-26-25-18(31-21)12-30-11-13-4-2-1-3-5-13/h1-7,9,14H,8,10-12H2,(H,24,26,29). The van der Waals surface area contributed by atoms with Gasteiger partial charge in [-0.3, -0.25) is 9.59 Å². The molecule has 2 aromatic carbocycles. The van der Waals surface area contributed by atoms with E-state index in [0.717, 1.165) is 10.8 Å². The molecule has 1 aromatic heterocycles. The molecule has 0 aliphatic carbocycles. The zero-order chi connectivity index (χ0) is 21.8. The van der Waals surface area contributed by atoms with Gasteiger partial charge in [0.15, 0.2) is 0 Å². The normalized spacial score (nSPS) is 16.0. The Morgan fingerprint density at radius 3 is 2.81 bits per heavy atom. The predicted molar refractivity (Wildman–Crippen MR) is 122 cm³/mol. The molecule has 1 atom stereocenters. The van der Waals surface area contributed by atoms with Gasteiger partial charge in [-0.05, 0) is 23.8 Å². The van der Waals surface area contributed by atoms with Gasteiger partial charge in [0.2, 0.25) is 16.9 Å². The van der Waals surface area contributed by atoms with Crippen molar-refractivity contribution in [2.45, 2.75) is 17.9 Å². The van der Waals surface area contributed by atoms with Crippen molar-refractivity contribution in [2.24, 2.45) is 5.92 Å². The second-order valence-electron chi connectivity index (χ2n) is 6.97. The van der Waals surface area contributed by atoms with Gasteiger partial charge >= 0.3 is 0 Å². The van der Waals surface area contributed by atoms with E-state index in [4.69, 9.17) is 11.6 Å². The quantitative estimate of drug-likeness (QED) is 0.532. The van der Waals surface area contributed by atoms with E-state index in [0.29, 0.717) is 16.6 Å². The van der Waals surface area contributed by atoms with Crippen molar-refractivity contribution < 1.29 is 14.0 Å². The highest BCUT2D eigenvalue weighted by Crippen LogP contribution is 2.30. The topological polar surface area (TPSA) is 75.2 Å². The number of rotatable bonds is 7. The average Bonchev–Trinajstić information content (AvgIpc) is 3.37. The molecule has 6 nitrogen and oxygen atoms in total. The summed E-state index contributed by atoms with van der Waals surface area (Å²) in [6.07, 6.45) is 0.0689. The number of anilines is 2. The number of benzene rings is 2. The Bertz CT molecular complexity index is 1100. The first-order chi connectivity index (χ1) is 15.0. The van der Waals surface area contributed by atoms with Crippen LogP contribution in [0.4, 0.5) is 15.2 Å². The maximum absolute atomic E-state index is 13.4. The van der Waals surface area contributed by atoms with Gasteiger partial charge in [-0.2, -0.15) is 0 Å². The van der Waals surface area contributed by atoms with Crippen LogP contribution >= 0.6 is 34.7 Å². The van der Waals surface area contributed by atoms with Gasteiger partial charge < -0.3 is 10.2 Å². The molecule has 10 heteroatoms. The van der Waals surface area contributed by atoms with Crippen molar-refractivity contribution in [3.63, 3.8) is 0 Å². The summed E-state index contributed by atoms with van der Waals surface area (Å²) in [7, 11) is 0. The van der Waals surface area contributed by atoms with Crippen LogP contribution in [0.1, 0.15) is 17.0 Å². The number of halogens is 2. The number of carbonyl (C=O) groups excluding carboxylic acids is 2. The van der Waals surface area contributed by atoms with Crippen LogP contribution in [0.25, 0.3) is 0 Å². The predicted octanol–water partition coefficient (Wildman–Crippen LogP) is 4.76. The molecule has 4 rings (SSSR count). The highest BCUT2D eigenvalue weighted by molar-refractivity contribution is 7.97. The van der Waals surface area contributed by atoms with Crippen molar-refractivity contribution in [1.82, 2.24) is 10.2 Å². The Morgan fingerprint density at radius 2 is 2.03 bits per heavy atom. The first-order valence-electron chi connectivity index (χ1n) is 9.50. The number of nitrogens with zero attached hydrogens (tertiary/aromatic N) is 3. The van der Waals surface area contributed by atoms with Gasteiger partial charge in [-0.25, -0.2) is 4.39 Å². The molecule has 1 aliphatic heterocycles. The third kappa shape index (κ3) is 5.41. The van der Waals surface area contributed by atoms with E-state index in [-0.39, 0.29) is 29.8 Å². The fourth-order valence-electron chi connectivity index (χ4n) is 3.19. The molecule has 2 heterocycles. The molecule has 160 valence electrons. The largest absolute Gasteiger partial charge is 0.312 e. The zero-order valence-electron chi connectivity index (χ0n) is 16.3. The second kappa shape index (κ2) is 9.76. The third-order valence-electron chi connectivity index (χ3n) is 4.74. The van der Waals surface area contributed by atoms with E-state index in [2.05, 4.69) is 27.6 Å². The fraction of sp³-hybridized carbons (Fsp3) is 0.238. The first-order valence-corrected chi connectivity index (χ1v) is 11.8. The van der Waals surface area contributed by atoms with Crippen LogP contribution in [0.3, 0.4) is 0 Å². The second-order valence-corrected chi connectivity index (χ2v) is 9.43. The molecule has 31 heavy (non-hydrogen) atoms. The smallest absolute Gasteiger partial charge is 0.231 e. The number of hydrogen-bond acceptors (Lipinski definition) is 6. The van der Waals surface area contributed by atoms with E-state index in [1.54, 1.807) is 11.8 Å². The molecule has 1 unspecified atom stereocenters. The van der Waals surface area contributed by atoms with Crippen molar-refractivity contribution in [3.05, 3.63) is 69.9 Å². The van der Waals surface area contributed by atoms with Crippen LogP contribution in [-0.4, -0.2) is 28.6 Å². The summed E-state index contributed by atoms with van der Waals surface area (Å²) in [5.74, 6) is -0.0165. The summed E-state index contributed by atoms with van der Waals surface area (Å²) < 4.78 is 13.4. The number of hydrogen-bond donors (Lipinski definition) is 1. The SMILES string of the molecule is O=C(Nc1nnc(CSCc2ccccc2)s1)C1CC(=O)N(c2ccc(F)c(Cl)c2)C1. The maximum Gasteiger partial charge on any atom is 0.231 e. The molecular weight excluding hydrogens is 459 g/mol. The van der Waals surface area contributed by atoms with E-state index < -0.39 is 11.7 Å². The molecule has 1 aliphatic rings. The molecule has 2 amide bonds. The lowest BCUT2D eigenvalue weighted by Gasteiger charge is -2.17. The molecular formula is C21H18ClFN4O2S2. The monoisotopic (exact) mass is 476 g/mol. The summed E-state index contributed by atoms with van der Waals surface area (Å²) in [6, 6.07) is 14.2. The summed E-state index contributed by atoms with van der Waals surface area (Å²) in [4.78, 5) is 26.4. The summed E-state index contributed by atoms with van der Waals surface area (Å²) >= 11 is 8.86. The molecule has 0 saturated carbocycles. The molecule has 0 radical (unpaired) electrons. The highest BCUT2D eigenvalue weighted by atomic mass is 35.5. The molecule has 1 fully saturated rings. The minimum Gasteiger partial charge on any atom is -0.312 e. The average molecular weight is 477 g/mol. The molecule has 0 spiro atoms. The van der Waals surface area contributed by atoms with Gasteiger partial charge in [0.25, 0.3) is 0 Å². The van der Waals surface area contributed by atoms with Crippen molar-refractivity contribution in [3.8, 4) is 0 Å². The van der Waals surface area contributed by atoms with Crippen LogP contribution < -0.4 is 10.2 Å². The number of aromatic nitrogens is 2. The first kappa shape index (κ1) is 21.7. The number of carbonyl (C=O) groups is 2. The minimum atomic E-state index is -0.555. The number of thioether (sulfide) groups is 1. The Kier molecular flexibility index (Phi) is 6.84. The summed E-state index contributed by atoms with van der Waals surface area (Å²) in [5, 5.41) is 12.1. The van der Waals surface area contributed by atoms with E-state index in [9.17, 15) is 14.0 Å². The van der Waals surface area contributed by atoms with Crippen LogP contribution in [0.15, 0.2) is 48.5 Å². The lowest BCUT2D eigenvalue weighted by atomic mass is 10.1. The number of amides is 2. The zero-order valence-corrected chi connectivity index (χ0v) is 18.6. The van der Waals surface area contributed by atoms with E-state index in [1.807, 2.05) is 18.2 Å². The van der Waals surface area contributed by atoms with Crippen LogP contribution in [-0.2, 0) is 21.1 Å². The minimum absolute atomic E-state index is 0.0651. The fourth-order valence-corrected chi connectivity index (χ4v) is 5.15. The van der Waals surface area contributed by atoms with Crippen molar-refractivity contribution in [1.29, 1.82) is 0 Å². The van der Waals surface area contributed by atoms with E-state index in [1.165, 1.54) is 40.0 Å². The van der Waals surface area contributed by atoms with Crippen molar-refractivity contribution >= 4 is 57.3 Å². The Morgan fingerprint density at radius 1 is 1.23 bits per heavy atom. The van der Waals surface area contributed by atoms with Crippen molar-refractivity contribution in [2.75, 3.05) is 16.8 Å².